The van der Waals surface area contributed by atoms with Crippen LogP contribution in [0.25, 0.3) is 0 Å². The molecule has 0 spiro atoms. The number of carbonyl (C=O) groups excluding carboxylic acids is 2. The third kappa shape index (κ3) is 4.99. The molecule has 0 radical (unpaired) electrons. The van der Waals surface area contributed by atoms with E-state index in [2.05, 4.69) is 40.7 Å². The molecule has 2 aliphatic rings. The predicted octanol–water partition coefficient (Wildman–Crippen LogP) is 1.20. The quantitative estimate of drug-likeness (QED) is 0.782. The minimum Gasteiger partial charge on any atom is -0.379 e. The minimum atomic E-state index is -0.178. The highest BCUT2D eigenvalue weighted by Gasteiger charge is 2.35. The van der Waals surface area contributed by atoms with Crippen molar-refractivity contribution in [2.75, 3.05) is 45.6 Å². The van der Waals surface area contributed by atoms with E-state index in [1.165, 1.54) is 17.4 Å². The molecule has 26 heavy (non-hydrogen) atoms. The zero-order valence-corrected chi connectivity index (χ0v) is 16.3. The number of hydrogen-bond donors (Lipinski definition) is 1. The van der Waals surface area contributed by atoms with Crippen molar-refractivity contribution in [2.45, 2.75) is 24.4 Å². The number of benzene rings is 1. The van der Waals surface area contributed by atoms with Gasteiger partial charge >= 0.3 is 0 Å². The van der Waals surface area contributed by atoms with Crippen LogP contribution in [0.2, 0.25) is 0 Å². The topological polar surface area (TPSA) is 61.9 Å². The maximum atomic E-state index is 12.6. The number of nitrogens with one attached hydrogen (secondary N) is 1. The number of thioether (sulfide) groups is 1. The van der Waals surface area contributed by atoms with Crippen molar-refractivity contribution in [1.29, 1.82) is 0 Å². The van der Waals surface area contributed by atoms with E-state index in [0.29, 0.717) is 25.7 Å². The van der Waals surface area contributed by atoms with E-state index in [9.17, 15) is 9.59 Å². The molecule has 2 saturated heterocycles. The Morgan fingerprint density at radius 1 is 1.27 bits per heavy atom. The Morgan fingerprint density at radius 3 is 2.88 bits per heavy atom. The number of carbonyl (C=O) groups is 2. The van der Waals surface area contributed by atoms with E-state index in [4.69, 9.17) is 4.74 Å². The van der Waals surface area contributed by atoms with E-state index in [-0.39, 0.29) is 24.4 Å². The van der Waals surface area contributed by atoms with Gasteiger partial charge < -0.3 is 15.0 Å². The van der Waals surface area contributed by atoms with E-state index in [0.717, 1.165) is 19.6 Å². The smallest absolute Gasteiger partial charge is 0.242 e. The molecule has 7 heteroatoms. The van der Waals surface area contributed by atoms with E-state index in [1.54, 1.807) is 11.8 Å². The molecule has 2 bridgehead atoms. The zero-order valence-electron chi connectivity index (χ0n) is 15.4. The molecule has 2 heterocycles. The van der Waals surface area contributed by atoms with Crippen LogP contribution in [0.5, 0.6) is 0 Å². The summed E-state index contributed by atoms with van der Waals surface area (Å²) in [5, 5.41) is 2.62. The van der Waals surface area contributed by atoms with Crippen LogP contribution in [-0.4, -0.2) is 73.3 Å². The summed E-state index contributed by atoms with van der Waals surface area (Å²) in [6, 6.07) is 8.67. The van der Waals surface area contributed by atoms with Crippen molar-refractivity contribution >= 4 is 23.6 Å². The highest BCUT2D eigenvalue weighted by molar-refractivity contribution is 7.98. The molecule has 2 fully saturated rings. The summed E-state index contributed by atoms with van der Waals surface area (Å²) in [5.41, 5.74) is 1.30. The van der Waals surface area contributed by atoms with Gasteiger partial charge in [0.2, 0.25) is 11.8 Å². The predicted molar refractivity (Wildman–Crippen MR) is 102 cm³/mol. The van der Waals surface area contributed by atoms with Crippen LogP contribution in [0.3, 0.4) is 0 Å². The van der Waals surface area contributed by atoms with Crippen LogP contribution >= 0.6 is 11.8 Å². The first-order valence-corrected chi connectivity index (χ1v) is 10.2. The Balaban J connectivity index is 1.68. The largest absolute Gasteiger partial charge is 0.379 e. The van der Waals surface area contributed by atoms with Crippen LogP contribution in [0.1, 0.15) is 12.5 Å². The molecule has 1 N–H and O–H groups in total. The van der Waals surface area contributed by atoms with Gasteiger partial charge in [-0.15, -0.1) is 11.8 Å². The molecule has 1 aromatic carbocycles. The van der Waals surface area contributed by atoms with Gasteiger partial charge in [-0.1, -0.05) is 12.1 Å². The number of nitrogens with zero attached hydrogens (tertiary/aromatic N) is 2. The van der Waals surface area contributed by atoms with Gasteiger partial charge in [0.25, 0.3) is 0 Å². The van der Waals surface area contributed by atoms with E-state index in [1.807, 2.05) is 4.90 Å². The minimum absolute atomic E-state index is 0.0214. The summed E-state index contributed by atoms with van der Waals surface area (Å²) >= 11 is 1.75. The standard InChI is InChI=1S/C19H27N3O3S/c1-14(23)20-7-19(24)22-10-16-9-21(11-17(22)13-25-12-16)8-15-4-3-5-18(6-15)26-2/h3-6,16-17H,7-13H2,1-2H3,(H,20,23)/t16-,17-/m0/s1. The Labute approximate surface area is 159 Å². The second-order valence-corrected chi connectivity index (χ2v) is 7.94. The first kappa shape index (κ1) is 19.2. The molecule has 0 unspecified atom stereocenters. The molecule has 2 aliphatic heterocycles. The fourth-order valence-electron chi connectivity index (χ4n) is 3.71. The van der Waals surface area contributed by atoms with Gasteiger partial charge in [-0.25, -0.2) is 0 Å². The molecule has 6 nitrogen and oxygen atoms in total. The lowest BCUT2D eigenvalue weighted by Crippen LogP contribution is -2.49. The van der Waals surface area contributed by atoms with Gasteiger partial charge in [-0.3, -0.25) is 14.5 Å². The lowest BCUT2D eigenvalue weighted by molar-refractivity contribution is -0.134. The Kier molecular flexibility index (Phi) is 6.56. The van der Waals surface area contributed by atoms with Crippen LogP contribution in [0, 0.1) is 5.92 Å². The molecule has 0 aliphatic carbocycles. The number of amides is 2. The Morgan fingerprint density at radius 2 is 2.12 bits per heavy atom. The summed E-state index contributed by atoms with van der Waals surface area (Å²) < 4.78 is 5.79. The van der Waals surface area contributed by atoms with Crippen LogP contribution in [0.15, 0.2) is 29.2 Å². The maximum Gasteiger partial charge on any atom is 0.242 e. The first-order chi connectivity index (χ1) is 12.5. The molecule has 2 atom stereocenters. The molecule has 3 rings (SSSR count). The summed E-state index contributed by atoms with van der Waals surface area (Å²) in [5.74, 6) is 0.0992. The lowest BCUT2D eigenvalue weighted by atomic mass is 10.1. The van der Waals surface area contributed by atoms with Crippen LogP contribution in [-0.2, 0) is 20.9 Å². The number of ether oxygens (including phenoxy) is 1. The third-order valence-electron chi connectivity index (χ3n) is 4.89. The fourth-order valence-corrected chi connectivity index (χ4v) is 4.19. The third-order valence-corrected chi connectivity index (χ3v) is 5.62. The second kappa shape index (κ2) is 8.88. The van der Waals surface area contributed by atoms with Crippen molar-refractivity contribution in [3.05, 3.63) is 29.8 Å². The fraction of sp³-hybridized carbons (Fsp3) is 0.579. The molecule has 142 valence electrons. The van der Waals surface area contributed by atoms with E-state index < -0.39 is 0 Å². The average molecular weight is 378 g/mol. The average Bonchev–Trinajstić information content (AvgIpc) is 2.90. The molecule has 0 saturated carbocycles. The maximum absolute atomic E-state index is 12.6. The molecule has 1 aromatic rings. The van der Waals surface area contributed by atoms with Gasteiger partial charge in [-0.2, -0.15) is 0 Å². The Hall–Kier alpha value is -1.57. The van der Waals surface area contributed by atoms with Gasteiger partial charge in [-0.05, 0) is 24.0 Å². The number of fused-ring (bicyclic) bond motifs is 3. The highest BCUT2D eigenvalue weighted by Crippen LogP contribution is 2.23. The van der Waals surface area contributed by atoms with Crippen molar-refractivity contribution in [3.8, 4) is 0 Å². The van der Waals surface area contributed by atoms with Gasteiger partial charge in [0, 0.05) is 43.9 Å². The molecular formula is C19H27N3O3S. The van der Waals surface area contributed by atoms with Crippen LogP contribution in [0.4, 0.5) is 0 Å². The molecular weight excluding hydrogens is 350 g/mol. The second-order valence-electron chi connectivity index (χ2n) is 7.06. The number of rotatable bonds is 5. The summed E-state index contributed by atoms with van der Waals surface area (Å²) in [4.78, 5) is 29.3. The van der Waals surface area contributed by atoms with E-state index >= 15 is 0 Å². The van der Waals surface area contributed by atoms with Crippen molar-refractivity contribution in [2.24, 2.45) is 5.92 Å². The lowest BCUT2D eigenvalue weighted by Gasteiger charge is -2.31. The van der Waals surface area contributed by atoms with Crippen molar-refractivity contribution in [1.82, 2.24) is 15.1 Å². The van der Waals surface area contributed by atoms with Crippen LogP contribution < -0.4 is 5.32 Å². The molecule has 0 aromatic heterocycles. The van der Waals surface area contributed by atoms with Crippen molar-refractivity contribution < 1.29 is 14.3 Å². The summed E-state index contributed by atoms with van der Waals surface area (Å²) in [6.45, 7) is 6.04. The zero-order chi connectivity index (χ0) is 18.5. The number of hydrogen-bond acceptors (Lipinski definition) is 5. The summed E-state index contributed by atoms with van der Waals surface area (Å²) in [6.07, 6.45) is 2.09. The van der Waals surface area contributed by atoms with Gasteiger partial charge in [0.05, 0.1) is 25.8 Å². The first-order valence-electron chi connectivity index (χ1n) is 9.02. The van der Waals surface area contributed by atoms with Gasteiger partial charge in [0.15, 0.2) is 0 Å². The highest BCUT2D eigenvalue weighted by atomic mass is 32.2. The van der Waals surface area contributed by atoms with Gasteiger partial charge in [0.1, 0.15) is 0 Å². The normalized spacial score (nSPS) is 23.4. The Bertz CT molecular complexity index is 655. The SMILES string of the molecule is CSc1cccc(CN2C[C@@H]3COC[C@H](C2)N(C(=O)CNC(C)=O)C3)c1. The monoisotopic (exact) mass is 377 g/mol. The summed E-state index contributed by atoms with van der Waals surface area (Å²) in [7, 11) is 0. The van der Waals surface area contributed by atoms with Crippen molar-refractivity contribution in [3.63, 3.8) is 0 Å². The molecule has 2 amide bonds.